The number of hydrogen-bond acceptors (Lipinski definition) is 8. The van der Waals surface area contributed by atoms with Gasteiger partial charge in [0.15, 0.2) is 17.0 Å². The molecule has 3 rings (SSSR count). The zero-order valence-corrected chi connectivity index (χ0v) is 20.6. The smallest absolute Gasteiger partial charge is 0.417 e. The van der Waals surface area contributed by atoms with Crippen LogP contribution < -0.4 is 14.8 Å². The molecule has 0 spiro atoms. The first kappa shape index (κ1) is 26.0. The Labute approximate surface area is 205 Å². The van der Waals surface area contributed by atoms with Crippen molar-refractivity contribution >= 4 is 18.0 Å². The molecule has 1 aliphatic rings. The highest BCUT2D eigenvalue weighted by Crippen LogP contribution is 2.40. The predicted molar refractivity (Wildman–Crippen MR) is 128 cm³/mol. The van der Waals surface area contributed by atoms with Crippen LogP contribution in [0, 0.1) is 0 Å². The summed E-state index contributed by atoms with van der Waals surface area (Å²) < 4.78 is 21.8. The molecule has 0 aliphatic heterocycles. The number of nitrogens with one attached hydrogen (secondary N) is 1. The molecule has 2 aromatic rings. The molecule has 0 fully saturated rings. The van der Waals surface area contributed by atoms with Gasteiger partial charge in [0.1, 0.15) is 6.61 Å². The highest BCUT2D eigenvalue weighted by atomic mass is 16.6. The SMILES string of the molecule is CCOC(=O)C1(N(C(=O)CNC)C(=O)OCc2ccccc2)CCc2cc(OC)c(OC)cc2C1. The number of carbonyl (C=O) groups is 3. The molecule has 1 aliphatic carbocycles. The van der Waals surface area contributed by atoms with Crippen molar-refractivity contribution in [2.75, 3.05) is 34.4 Å². The Bertz CT molecular complexity index is 1060. The lowest BCUT2D eigenvalue weighted by molar-refractivity contribution is -0.163. The fourth-order valence-corrected chi connectivity index (χ4v) is 4.36. The van der Waals surface area contributed by atoms with Crippen molar-refractivity contribution in [2.24, 2.45) is 0 Å². The van der Waals surface area contributed by atoms with Gasteiger partial charge in [-0.3, -0.25) is 4.79 Å². The lowest BCUT2D eigenvalue weighted by Crippen LogP contribution is -2.63. The first-order valence-corrected chi connectivity index (χ1v) is 11.5. The fourth-order valence-electron chi connectivity index (χ4n) is 4.36. The molecule has 35 heavy (non-hydrogen) atoms. The molecule has 2 aromatic carbocycles. The Balaban J connectivity index is 2.03. The van der Waals surface area contributed by atoms with E-state index in [1.807, 2.05) is 36.4 Å². The number of esters is 1. The molecule has 0 bridgehead atoms. The maximum Gasteiger partial charge on any atom is 0.417 e. The third kappa shape index (κ3) is 5.57. The molecule has 188 valence electrons. The number of nitrogens with zero attached hydrogens (tertiary/aromatic N) is 1. The molecular weight excluding hydrogens is 452 g/mol. The average molecular weight is 485 g/mol. The first-order chi connectivity index (χ1) is 16.9. The molecule has 9 heteroatoms. The number of methoxy groups -OCH3 is 2. The van der Waals surface area contributed by atoms with Gasteiger partial charge >= 0.3 is 12.1 Å². The van der Waals surface area contributed by atoms with Gasteiger partial charge in [-0.2, -0.15) is 0 Å². The number of aryl methyl sites for hydroxylation is 1. The topological polar surface area (TPSA) is 103 Å². The lowest BCUT2D eigenvalue weighted by atomic mass is 9.76. The van der Waals surface area contributed by atoms with Crippen molar-refractivity contribution in [3.8, 4) is 11.5 Å². The van der Waals surface area contributed by atoms with Crippen LogP contribution in [0.25, 0.3) is 0 Å². The Morgan fingerprint density at radius 3 is 2.26 bits per heavy atom. The lowest BCUT2D eigenvalue weighted by Gasteiger charge is -2.42. The summed E-state index contributed by atoms with van der Waals surface area (Å²) in [7, 11) is 4.67. The minimum Gasteiger partial charge on any atom is -0.493 e. The van der Waals surface area contributed by atoms with Crippen LogP contribution in [0.3, 0.4) is 0 Å². The summed E-state index contributed by atoms with van der Waals surface area (Å²) in [6, 6.07) is 12.8. The fraction of sp³-hybridized carbons (Fsp3) is 0.423. The Kier molecular flexibility index (Phi) is 8.70. The largest absolute Gasteiger partial charge is 0.493 e. The number of fused-ring (bicyclic) bond motifs is 1. The molecule has 0 saturated heterocycles. The summed E-state index contributed by atoms with van der Waals surface area (Å²) in [5.74, 6) is -0.171. The van der Waals surface area contributed by atoms with E-state index in [0.29, 0.717) is 17.9 Å². The minimum absolute atomic E-state index is 0.0382. The van der Waals surface area contributed by atoms with Crippen LogP contribution in [-0.2, 0) is 38.5 Å². The monoisotopic (exact) mass is 484 g/mol. The van der Waals surface area contributed by atoms with Gasteiger partial charge < -0.3 is 24.3 Å². The number of benzene rings is 2. The number of amides is 2. The van der Waals surface area contributed by atoms with Crippen molar-refractivity contribution in [3.05, 3.63) is 59.2 Å². The summed E-state index contributed by atoms with van der Waals surface area (Å²) in [4.78, 5) is 41.0. The van der Waals surface area contributed by atoms with Crippen molar-refractivity contribution in [1.29, 1.82) is 0 Å². The second-order valence-corrected chi connectivity index (χ2v) is 8.20. The van der Waals surface area contributed by atoms with E-state index in [4.69, 9.17) is 18.9 Å². The zero-order chi connectivity index (χ0) is 25.4. The van der Waals surface area contributed by atoms with E-state index in [1.54, 1.807) is 27.1 Å². The number of rotatable bonds is 9. The Morgan fingerprint density at radius 1 is 1.00 bits per heavy atom. The molecule has 1 atom stereocenters. The van der Waals surface area contributed by atoms with Crippen LogP contribution in [0.15, 0.2) is 42.5 Å². The Hall–Kier alpha value is -3.59. The van der Waals surface area contributed by atoms with Crippen molar-refractivity contribution in [3.63, 3.8) is 0 Å². The maximum absolute atomic E-state index is 13.4. The van der Waals surface area contributed by atoms with Gasteiger partial charge in [0.25, 0.3) is 0 Å². The van der Waals surface area contributed by atoms with Crippen molar-refractivity contribution < 1.29 is 33.3 Å². The average Bonchev–Trinajstić information content (AvgIpc) is 2.87. The molecule has 0 saturated carbocycles. The predicted octanol–water partition coefficient (Wildman–Crippen LogP) is 2.88. The van der Waals surface area contributed by atoms with Gasteiger partial charge in [0.05, 0.1) is 27.4 Å². The number of carbonyl (C=O) groups excluding carboxylic acids is 3. The van der Waals surface area contributed by atoms with Crippen LogP contribution >= 0.6 is 0 Å². The van der Waals surface area contributed by atoms with Gasteiger partial charge in [0.2, 0.25) is 5.91 Å². The third-order valence-corrected chi connectivity index (χ3v) is 6.05. The van der Waals surface area contributed by atoms with E-state index in [-0.39, 0.29) is 32.6 Å². The molecular formula is C26H32N2O7. The van der Waals surface area contributed by atoms with Crippen LogP contribution in [-0.4, -0.2) is 62.8 Å². The van der Waals surface area contributed by atoms with Crippen molar-refractivity contribution in [2.45, 2.75) is 38.3 Å². The van der Waals surface area contributed by atoms with Crippen LogP contribution in [0.2, 0.25) is 0 Å². The molecule has 2 amide bonds. The van der Waals surface area contributed by atoms with Gasteiger partial charge in [-0.1, -0.05) is 30.3 Å². The highest BCUT2D eigenvalue weighted by Gasteiger charge is 2.53. The van der Waals surface area contributed by atoms with E-state index in [9.17, 15) is 14.4 Å². The molecule has 0 heterocycles. The molecule has 9 nitrogen and oxygen atoms in total. The number of ether oxygens (including phenoxy) is 4. The summed E-state index contributed by atoms with van der Waals surface area (Å²) in [6.07, 6.45) is -0.225. The van der Waals surface area contributed by atoms with E-state index in [2.05, 4.69) is 5.32 Å². The minimum atomic E-state index is -1.57. The van der Waals surface area contributed by atoms with E-state index >= 15 is 0 Å². The third-order valence-electron chi connectivity index (χ3n) is 6.05. The molecule has 0 aromatic heterocycles. The quantitative estimate of drug-likeness (QED) is 0.542. The Morgan fingerprint density at radius 2 is 1.66 bits per heavy atom. The normalized spacial score (nSPS) is 16.6. The van der Waals surface area contributed by atoms with E-state index in [1.165, 1.54) is 7.11 Å². The second-order valence-electron chi connectivity index (χ2n) is 8.20. The summed E-state index contributed by atoms with van der Waals surface area (Å²) in [6.45, 7) is 1.60. The summed E-state index contributed by atoms with van der Waals surface area (Å²) in [5, 5.41) is 2.77. The van der Waals surface area contributed by atoms with Crippen LogP contribution in [0.4, 0.5) is 4.79 Å². The standard InChI is InChI=1S/C26H32N2O7/c1-5-34-24(30)26(12-11-19-13-21(32-3)22(33-4)14-20(19)15-26)28(23(29)16-27-2)25(31)35-17-18-9-7-6-8-10-18/h6-10,13-14,27H,5,11-12,15-17H2,1-4H3. The van der Waals surface area contributed by atoms with Gasteiger partial charge in [-0.05, 0) is 55.6 Å². The van der Waals surface area contributed by atoms with Gasteiger partial charge in [0, 0.05) is 6.42 Å². The van der Waals surface area contributed by atoms with E-state index in [0.717, 1.165) is 21.6 Å². The summed E-state index contributed by atoms with van der Waals surface area (Å²) in [5.41, 5.74) is 0.906. The second kappa shape index (κ2) is 11.7. The zero-order valence-electron chi connectivity index (χ0n) is 20.6. The van der Waals surface area contributed by atoms with Crippen molar-refractivity contribution in [1.82, 2.24) is 10.2 Å². The highest BCUT2D eigenvalue weighted by molar-refractivity contribution is 6.00. The first-order valence-electron chi connectivity index (χ1n) is 11.5. The maximum atomic E-state index is 13.4. The van der Waals surface area contributed by atoms with Crippen LogP contribution in [0.1, 0.15) is 30.0 Å². The number of hydrogen-bond donors (Lipinski definition) is 1. The van der Waals surface area contributed by atoms with Gasteiger partial charge in [-0.25, -0.2) is 14.5 Å². The molecule has 1 N–H and O–H groups in total. The molecule has 1 unspecified atom stereocenters. The van der Waals surface area contributed by atoms with Gasteiger partial charge in [-0.15, -0.1) is 0 Å². The number of likely N-dealkylation sites (N-methyl/N-ethyl adjacent to an activating group) is 1. The van der Waals surface area contributed by atoms with Crippen LogP contribution in [0.5, 0.6) is 11.5 Å². The van der Waals surface area contributed by atoms with E-state index < -0.39 is 23.5 Å². The molecule has 0 radical (unpaired) electrons. The number of imide groups is 1. The summed E-state index contributed by atoms with van der Waals surface area (Å²) >= 11 is 0.